The van der Waals surface area contributed by atoms with Gasteiger partial charge in [0.05, 0.1) is 6.26 Å². The number of benzene rings is 1. The molecule has 1 aromatic carbocycles. The first-order valence-corrected chi connectivity index (χ1v) is 7.59. The predicted octanol–water partition coefficient (Wildman–Crippen LogP) is 2.25. The van der Waals surface area contributed by atoms with E-state index in [0.29, 0.717) is 0 Å². The lowest BCUT2D eigenvalue weighted by atomic mass is 10.2. The van der Waals surface area contributed by atoms with E-state index in [1.54, 1.807) is 0 Å². The van der Waals surface area contributed by atoms with Crippen LogP contribution in [0.1, 0.15) is 24.4 Å². The Kier molecular flexibility index (Phi) is 6.05. The summed E-state index contributed by atoms with van der Waals surface area (Å²) >= 11 is 0. The number of para-hydroxylation sites is 1. The fraction of sp³-hybridized carbons (Fsp3) is 0.235. The number of halogens is 2. The van der Waals surface area contributed by atoms with Gasteiger partial charge in [-0.15, -0.1) is 0 Å². The lowest BCUT2D eigenvalue weighted by Gasteiger charge is -2.17. The highest BCUT2D eigenvalue weighted by molar-refractivity contribution is 5.97. The van der Waals surface area contributed by atoms with Crippen molar-refractivity contribution in [3.8, 4) is 0 Å². The molecule has 0 bridgehead atoms. The first-order chi connectivity index (χ1) is 12.3. The molecule has 2 atom stereocenters. The van der Waals surface area contributed by atoms with E-state index in [0.717, 1.165) is 18.2 Å². The maximum atomic E-state index is 13.5. The molecule has 0 aliphatic heterocycles. The zero-order valence-electron chi connectivity index (χ0n) is 13.9. The van der Waals surface area contributed by atoms with Crippen LogP contribution in [0.5, 0.6) is 0 Å². The molecule has 0 radical (unpaired) electrons. The number of carbonyl (C=O) groups excluding carboxylic acids is 3. The van der Waals surface area contributed by atoms with Crippen LogP contribution in [-0.2, 0) is 14.3 Å². The van der Waals surface area contributed by atoms with Crippen LogP contribution in [0.4, 0.5) is 14.5 Å². The number of ether oxygens (including phenoxy) is 1. The number of rotatable bonds is 6. The largest absolute Gasteiger partial charge is 0.459 e. The zero-order chi connectivity index (χ0) is 19.3. The van der Waals surface area contributed by atoms with Crippen molar-refractivity contribution in [2.45, 2.75) is 26.0 Å². The molecule has 1 aromatic heterocycles. The van der Waals surface area contributed by atoms with Crippen LogP contribution in [0.2, 0.25) is 0 Å². The average molecular weight is 366 g/mol. The topological polar surface area (TPSA) is 97.6 Å². The lowest BCUT2D eigenvalue weighted by molar-refractivity contribution is -0.154. The number of amides is 2. The second-order valence-electron chi connectivity index (χ2n) is 5.34. The van der Waals surface area contributed by atoms with Gasteiger partial charge in [0.15, 0.2) is 11.9 Å². The fourth-order valence-corrected chi connectivity index (χ4v) is 1.91. The van der Waals surface area contributed by atoms with Gasteiger partial charge in [-0.2, -0.15) is 0 Å². The molecule has 7 nitrogen and oxygen atoms in total. The van der Waals surface area contributed by atoms with Gasteiger partial charge < -0.3 is 19.8 Å². The molecule has 2 N–H and O–H groups in total. The second-order valence-corrected chi connectivity index (χ2v) is 5.34. The third-order valence-corrected chi connectivity index (χ3v) is 3.32. The van der Waals surface area contributed by atoms with Gasteiger partial charge in [0, 0.05) is 0 Å². The smallest absolute Gasteiger partial charge is 0.329 e. The van der Waals surface area contributed by atoms with Crippen LogP contribution in [-0.4, -0.2) is 29.9 Å². The number of hydrogen-bond donors (Lipinski definition) is 2. The van der Waals surface area contributed by atoms with E-state index < -0.39 is 47.3 Å². The highest BCUT2D eigenvalue weighted by Gasteiger charge is 2.25. The maximum absolute atomic E-state index is 13.5. The molecule has 0 saturated carbocycles. The Morgan fingerprint density at radius 3 is 2.31 bits per heavy atom. The first-order valence-electron chi connectivity index (χ1n) is 7.59. The van der Waals surface area contributed by atoms with E-state index in [-0.39, 0.29) is 5.76 Å². The van der Waals surface area contributed by atoms with E-state index >= 15 is 0 Å². The number of esters is 1. The van der Waals surface area contributed by atoms with Gasteiger partial charge in [0.2, 0.25) is 0 Å². The number of anilines is 1. The standard InChI is InChI=1S/C17H16F2N2O5/c1-9(20-16(23)13-7-4-8-25-13)17(24)26-10(2)15(22)21-14-11(18)5-3-6-12(14)19/h3-10H,1-2H3,(H,20,23)(H,21,22)/t9-,10+/m1/s1. The Morgan fingerprint density at radius 2 is 1.73 bits per heavy atom. The van der Waals surface area contributed by atoms with Crippen LogP contribution < -0.4 is 10.6 Å². The highest BCUT2D eigenvalue weighted by Crippen LogP contribution is 2.18. The zero-order valence-corrected chi connectivity index (χ0v) is 13.9. The van der Waals surface area contributed by atoms with Crippen molar-refractivity contribution in [3.63, 3.8) is 0 Å². The molecular formula is C17H16F2N2O5. The second kappa shape index (κ2) is 8.24. The molecule has 138 valence electrons. The molecule has 0 saturated heterocycles. The van der Waals surface area contributed by atoms with Crippen molar-refractivity contribution in [3.05, 3.63) is 54.0 Å². The SMILES string of the molecule is C[C@H](OC(=O)[C@@H](C)NC(=O)c1ccco1)C(=O)Nc1c(F)cccc1F. The molecule has 0 fully saturated rings. The minimum Gasteiger partial charge on any atom is -0.459 e. The summed E-state index contributed by atoms with van der Waals surface area (Å²) in [4.78, 5) is 35.7. The van der Waals surface area contributed by atoms with Gasteiger partial charge in [0.1, 0.15) is 23.4 Å². The van der Waals surface area contributed by atoms with Crippen molar-refractivity contribution in [1.82, 2.24) is 5.32 Å². The summed E-state index contributed by atoms with van der Waals surface area (Å²) < 4.78 is 36.8. The minimum absolute atomic E-state index is 0.00506. The van der Waals surface area contributed by atoms with Gasteiger partial charge in [-0.3, -0.25) is 9.59 Å². The number of nitrogens with one attached hydrogen (secondary N) is 2. The quantitative estimate of drug-likeness (QED) is 0.764. The number of hydrogen-bond acceptors (Lipinski definition) is 5. The van der Waals surface area contributed by atoms with E-state index in [9.17, 15) is 23.2 Å². The molecule has 2 rings (SSSR count). The Hall–Kier alpha value is -3.23. The van der Waals surface area contributed by atoms with Crippen LogP contribution in [0.25, 0.3) is 0 Å². The summed E-state index contributed by atoms with van der Waals surface area (Å²) in [6, 6.07) is 4.93. The van der Waals surface area contributed by atoms with Crippen LogP contribution >= 0.6 is 0 Å². The summed E-state index contributed by atoms with van der Waals surface area (Å²) in [5.74, 6) is -4.38. The Balaban J connectivity index is 1.91. The summed E-state index contributed by atoms with van der Waals surface area (Å²) in [6.45, 7) is 2.58. The van der Waals surface area contributed by atoms with Crippen LogP contribution in [0.3, 0.4) is 0 Å². The third kappa shape index (κ3) is 4.65. The Morgan fingerprint density at radius 1 is 1.08 bits per heavy atom. The molecule has 26 heavy (non-hydrogen) atoms. The number of carbonyl (C=O) groups is 3. The molecule has 9 heteroatoms. The summed E-state index contributed by atoms with van der Waals surface area (Å²) in [5.41, 5.74) is -0.639. The molecule has 0 spiro atoms. The van der Waals surface area contributed by atoms with E-state index in [4.69, 9.17) is 9.15 Å². The predicted molar refractivity (Wildman–Crippen MR) is 86.2 cm³/mol. The van der Waals surface area contributed by atoms with Gasteiger partial charge in [0.25, 0.3) is 11.8 Å². The number of furan rings is 1. The summed E-state index contributed by atoms with van der Waals surface area (Å²) in [5, 5.41) is 4.35. The molecule has 0 unspecified atom stereocenters. The van der Waals surface area contributed by atoms with Crippen LogP contribution in [0, 0.1) is 11.6 Å². The monoisotopic (exact) mass is 366 g/mol. The molecule has 0 aliphatic carbocycles. The Labute approximate surface area is 147 Å². The normalized spacial score (nSPS) is 12.8. The van der Waals surface area contributed by atoms with Gasteiger partial charge in [-0.25, -0.2) is 13.6 Å². The van der Waals surface area contributed by atoms with Crippen molar-refractivity contribution < 1.29 is 32.3 Å². The first kappa shape index (κ1) is 19.1. The van der Waals surface area contributed by atoms with E-state index in [2.05, 4.69) is 5.32 Å². The van der Waals surface area contributed by atoms with Gasteiger partial charge >= 0.3 is 5.97 Å². The van der Waals surface area contributed by atoms with E-state index in [1.807, 2.05) is 5.32 Å². The molecule has 0 aliphatic rings. The average Bonchev–Trinajstić information content (AvgIpc) is 3.12. The lowest BCUT2D eigenvalue weighted by Crippen LogP contribution is -2.42. The van der Waals surface area contributed by atoms with Crippen molar-refractivity contribution >= 4 is 23.5 Å². The molecule has 2 amide bonds. The fourth-order valence-electron chi connectivity index (χ4n) is 1.91. The summed E-state index contributed by atoms with van der Waals surface area (Å²) in [6.07, 6.45) is -0.0453. The van der Waals surface area contributed by atoms with Crippen molar-refractivity contribution in [2.24, 2.45) is 0 Å². The van der Waals surface area contributed by atoms with Crippen LogP contribution in [0.15, 0.2) is 41.0 Å². The summed E-state index contributed by atoms with van der Waals surface area (Å²) in [7, 11) is 0. The minimum atomic E-state index is -1.34. The molecule has 2 aromatic rings. The van der Waals surface area contributed by atoms with Gasteiger partial charge in [-0.1, -0.05) is 6.07 Å². The molecular weight excluding hydrogens is 350 g/mol. The van der Waals surface area contributed by atoms with Crippen molar-refractivity contribution in [2.75, 3.05) is 5.32 Å². The van der Waals surface area contributed by atoms with Crippen molar-refractivity contribution in [1.29, 1.82) is 0 Å². The van der Waals surface area contributed by atoms with E-state index in [1.165, 1.54) is 32.2 Å². The maximum Gasteiger partial charge on any atom is 0.329 e. The Bertz CT molecular complexity index is 787. The highest BCUT2D eigenvalue weighted by atomic mass is 19.1. The third-order valence-electron chi connectivity index (χ3n) is 3.32. The molecule has 1 heterocycles. The van der Waals surface area contributed by atoms with Gasteiger partial charge in [-0.05, 0) is 38.1 Å².